The standard InChI is InChI=1S/C23H27N3O2/c1-3-28-22-12-8-19(9-13-22)5-4-14-25-23(27)21-10-6-20(7-11-21)17-26-16-15-24-18(26)2/h6-13,15-16H,3-5,14,17H2,1-2H3,(H,25,27). The third-order valence-electron chi connectivity index (χ3n) is 4.65. The number of nitrogens with zero attached hydrogens (tertiary/aromatic N) is 2. The second-order valence-corrected chi connectivity index (χ2v) is 6.74. The van der Waals surface area contributed by atoms with Gasteiger partial charge in [-0.3, -0.25) is 4.79 Å². The lowest BCUT2D eigenvalue weighted by Gasteiger charge is -2.08. The van der Waals surface area contributed by atoms with Crippen molar-refractivity contribution in [3.63, 3.8) is 0 Å². The van der Waals surface area contributed by atoms with E-state index in [2.05, 4.69) is 27.0 Å². The Labute approximate surface area is 166 Å². The summed E-state index contributed by atoms with van der Waals surface area (Å²) in [7, 11) is 0. The van der Waals surface area contributed by atoms with Crippen molar-refractivity contribution in [1.82, 2.24) is 14.9 Å². The number of imidazole rings is 1. The average molecular weight is 377 g/mol. The Morgan fingerprint density at radius 1 is 1.07 bits per heavy atom. The number of carbonyl (C=O) groups is 1. The zero-order valence-electron chi connectivity index (χ0n) is 16.5. The third kappa shape index (κ3) is 5.46. The van der Waals surface area contributed by atoms with Crippen molar-refractivity contribution in [2.24, 2.45) is 0 Å². The molecule has 0 saturated heterocycles. The van der Waals surface area contributed by atoms with Crippen molar-refractivity contribution in [3.05, 3.63) is 83.4 Å². The predicted octanol–water partition coefficient (Wildman–Crippen LogP) is 4.00. The molecular formula is C23H27N3O2. The molecule has 0 unspecified atom stereocenters. The average Bonchev–Trinajstić information content (AvgIpc) is 3.11. The van der Waals surface area contributed by atoms with E-state index in [0.29, 0.717) is 18.7 Å². The molecule has 0 aliphatic heterocycles. The number of nitrogens with one attached hydrogen (secondary N) is 1. The van der Waals surface area contributed by atoms with E-state index < -0.39 is 0 Å². The largest absolute Gasteiger partial charge is 0.494 e. The minimum Gasteiger partial charge on any atom is -0.494 e. The number of hydrogen-bond acceptors (Lipinski definition) is 3. The number of ether oxygens (including phenoxy) is 1. The SMILES string of the molecule is CCOc1ccc(CCCNC(=O)c2ccc(Cn3ccnc3C)cc2)cc1. The minimum atomic E-state index is -0.0305. The highest BCUT2D eigenvalue weighted by Gasteiger charge is 2.06. The van der Waals surface area contributed by atoms with E-state index in [9.17, 15) is 4.79 Å². The van der Waals surface area contributed by atoms with Crippen LogP contribution < -0.4 is 10.1 Å². The van der Waals surface area contributed by atoms with E-state index in [1.165, 1.54) is 5.56 Å². The van der Waals surface area contributed by atoms with Gasteiger partial charge in [-0.05, 0) is 62.1 Å². The Balaban J connectivity index is 1.42. The van der Waals surface area contributed by atoms with Crippen LogP contribution >= 0.6 is 0 Å². The van der Waals surface area contributed by atoms with Gasteiger partial charge >= 0.3 is 0 Å². The molecule has 5 nitrogen and oxygen atoms in total. The summed E-state index contributed by atoms with van der Waals surface area (Å²) in [6.45, 7) is 6.05. The summed E-state index contributed by atoms with van der Waals surface area (Å²) in [6.07, 6.45) is 5.58. The van der Waals surface area contributed by atoms with Gasteiger partial charge in [0.05, 0.1) is 6.61 Å². The number of hydrogen-bond donors (Lipinski definition) is 1. The second kappa shape index (κ2) is 9.74. The minimum absolute atomic E-state index is 0.0305. The molecular weight excluding hydrogens is 350 g/mol. The molecule has 3 rings (SSSR count). The van der Waals surface area contributed by atoms with Crippen molar-refractivity contribution < 1.29 is 9.53 Å². The van der Waals surface area contributed by atoms with Gasteiger partial charge in [0, 0.05) is 31.0 Å². The molecule has 0 bridgehead atoms. The van der Waals surface area contributed by atoms with Crippen LogP contribution in [0.4, 0.5) is 0 Å². The van der Waals surface area contributed by atoms with Crippen LogP contribution in [0.3, 0.4) is 0 Å². The third-order valence-corrected chi connectivity index (χ3v) is 4.65. The summed E-state index contributed by atoms with van der Waals surface area (Å²) >= 11 is 0. The Kier molecular flexibility index (Phi) is 6.84. The van der Waals surface area contributed by atoms with Crippen molar-refractivity contribution in [2.45, 2.75) is 33.2 Å². The van der Waals surface area contributed by atoms with Gasteiger partial charge in [0.15, 0.2) is 0 Å². The number of benzene rings is 2. The Morgan fingerprint density at radius 3 is 2.43 bits per heavy atom. The molecule has 0 fully saturated rings. The maximum absolute atomic E-state index is 12.3. The molecule has 0 aliphatic carbocycles. The van der Waals surface area contributed by atoms with Crippen LogP contribution in [-0.4, -0.2) is 28.6 Å². The Hall–Kier alpha value is -3.08. The zero-order chi connectivity index (χ0) is 19.8. The van der Waals surface area contributed by atoms with Crippen molar-refractivity contribution >= 4 is 5.91 Å². The van der Waals surface area contributed by atoms with Crippen LogP contribution in [0.5, 0.6) is 5.75 Å². The van der Waals surface area contributed by atoms with Gasteiger partial charge in [0.1, 0.15) is 11.6 Å². The lowest BCUT2D eigenvalue weighted by Crippen LogP contribution is -2.24. The van der Waals surface area contributed by atoms with E-state index in [1.54, 1.807) is 6.20 Å². The fourth-order valence-electron chi connectivity index (χ4n) is 3.04. The maximum Gasteiger partial charge on any atom is 0.251 e. The molecule has 0 saturated carbocycles. The molecule has 28 heavy (non-hydrogen) atoms. The molecule has 0 radical (unpaired) electrons. The normalized spacial score (nSPS) is 10.6. The summed E-state index contributed by atoms with van der Waals surface area (Å²) in [5, 5.41) is 3.00. The number of amides is 1. The van der Waals surface area contributed by atoms with Crippen molar-refractivity contribution in [1.29, 1.82) is 0 Å². The molecule has 1 aromatic heterocycles. The molecule has 3 aromatic rings. The molecule has 1 amide bonds. The zero-order valence-corrected chi connectivity index (χ0v) is 16.5. The molecule has 5 heteroatoms. The first-order valence-corrected chi connectivity index (χ1v) is 9.72. The summed E-state index contributed by atoms with van der Waals surface area (Å²) in [6, 6.07) is 15.9. The van der Waals surface area contributed by atoms with E-state index >= 15 is 0 Å². The van der Waals surface area contributed by atoms with Gasteiger partial charge in [-0.1, -0.05) is 24.3 Å². The Morgan fingerprint density at radius 2 is 1.79 bits per heavy atom. The van der Waals surface area contributed by atoms with Gasteiger partial charge in [-0.15, -0.1) is 0 Å². The molecule has 0 spiro atoms. The quantitative estimate of drug-likeness (QED) is 0.574. The molecule has 0 aliphatic rings. The summed E-state index contributed by atoms with van der Waals surface area (Å²) in [5.74, 6) is 1.85. The fourth-order valence-corrected chi connectivity index (χ4v) is 3.04. The van der Waals surface area contributed by atoms with Crippen LogP contribution in [-0.2, 0) is 13.0 Å². The van der Waals surface area contributed by atoms with E-state index in [4.69, 9.17) is 4.74 Å². The summed E-state index contributed by atoms with van der Waals surface area (Å²) in [4.78, 5) is 16.5. The summed E-state index contributed by atoms with van der Waals surface area (Å²) in [5.41, 5.74) is 3.08. The predicted molar refractivity (Wildman–Crippen MR) is 111 cm³/mol. The molecule has 2 aromatic carbocycles. The van der Waals surface area contributed by atoms with Crippen molar-refractivity contribution in [2.75, 3.05) is 13.2 Å². The van der Waals surface area contributed by atoms with Crippen LogP contribution in [0.1, 0.15) is 40.7 Å². The number of carbonyl (C=O) groups excluding carboxylic acids is 1. The Bertz CT molecular complexity index is 883. The smallest absolute Gasteiger partial charge is 0.251 e. The maximum atomic E-state index is 12.3. The van der Waals surface area contributed by atoms with Crippen LogP contribution in [0.2, 0.25) is 0 Å². The van der Waals surface area contributed by atoms with Gasteiger partial charge < -0.3 is 14.6 Å². The molecule has 146 valence electrons. The highest BCUT2D eigenvalue weighted by Crippen LogP contribution is 2.13. The number of aromatic nitrogens is 2. The molecule has 0 atom stereocenters. The van der Waals surface area contributed by atoms with Gasteiger partial charge in [0.2, 0.25) is 0 Å². The number of aryl methyl sites for hydroxylation is 2. The lowest BCUT2D eigenvalue weighted by atomic mass is 10.1. The van der Waals surface area contributed by atoms with Gasteiger partial charge in [-0.2, -0.15) is 0 Å². The first kappa shape index (κ1) is 19.7. The van der Waals surface area contributed by atoms with Gasteiger partial charge in [-0.25, -0.2) is 4.98 Å². The summed E-state index contributed by atoms with van der Waals surface area (Å²) < 4.78 is 7.53. The second-order valence-electron chi connectivity index (χ2n) is 6.74. The molecule has 1 N–H and O–H groups in total. The van der Waals surface area contributed by atoms with E-state index in [1.807, 2.05) is 56.4 Å². The molecule has 1 heterocycles. The fraction of sp³-hybridized carbons (Fsp3) is 0.304. The highest BCUT2D eigenvalue weighted by molar-refractivity contribution is 5.94. The topological polar surface area (TPSA) is 56.1 Å². The van der Waals surface area contributed by atoms with E-state index in [0.717, 1.165) is 36.5 Å². The van der Waals surface area contributed by atoms with Gasteiger partial charge in [0.25, 0.3) is 5.91 Å². The monoisotopic (exact) mass is 377 g/mol. The van der Waals surface area contributed by atoms with Crippen molar-refractivity contribution in [3.8, 4) is 5.75 Å². The van der Waals surface area contributed by atoms with E-state index in [-0.39, 0.29) is 5.91 Å². The first-order valence-electron chi connectivity index (χ1n) is 9.72. The van der Waals surface area contributed by atoms with Crippen LogP contribution in [0.25, 0.3) is 0 Å². The van der Waals surface area contributed by atoms with Crippen LogP contribution in [0, 0.1) is 6.92 Å². The highest BCUT2D eigenvalue weighted by atomic mass is 16.5. The number of rotatable bonds is 9. The first-order chi connectivity index (χ1) is 13.7. The van der Waals surface area contributed by atoms with Crippen LogP contribution in [0.15, 0.2) is 60.9 Å². The lowest BCUT2D eigenvalue weighted by molar-refractivity contribution is 0.0953.